The highest BCUT2D eigenvalue weighted by molar-refractivity contribution is 4.61. The molecule has 2 unspecified atom stereocenters. The van der Waals surface area contributed by atoms with E-state index in [2.05, 4.69) is 4.74 Å². The minimum Gasteiger partial charge on any atom is -0.369 e. The van der Waals surface area contributed by atoms with Gasteiger partial charge in [-0.3, -0.25) is 0 Å². The Morgan fingerprint density at radius 3 is 2.17 bits per heavy atom. The Morgan fingerprint density at radius 2 is 1.83 bits per heavy atom. The molecular weight excluding hydrogens is 171 g/mol. The Labute approximate surface area is 69.9 Å². The molecule has 2 N–H and O–H groups in total. The molecule has 0 radical (unpaired) electrons. The van der Waals surface area contributed by atoms with Crippen molar-refractivity contribution in [3.05, 3.63) is 0 Å². The maximum Gasteiger partial charge on any atom is 0.414 e. The van der Waals surface area contributed by atoms with E-state index in [0.717, 1.165) is 6.92 Å². The Kier molecular flexibility index (Phi) is 4.55. The van der Waals surface area contributed by atoms with Crippen molar-refractivity contribution in [1.82, 2.24) is 0 Å². The molecule has 0 bridgehead atoms. The van der Waals surface area contributed by atoms with Gasteiger partial charge in [-0.25, -0.2) is 0 Å². The average Bonchev–Trinajstić information content (AvgIpc) is 1.84. The molecule has 0 rings (SSSR count). The molecule has 0 heterocycles. The standard InChI is InChI=1S/C7H14F3NO/c1-5(11)3-4-12-6(2)7(8,9)10/h5-6H,3-4,11H2,1-2H3. The Balaban J connectivity index is 3.51. The zero-order chi connectivity index (χ0) is 9.78. The molecule has 0 amide bonds. The molecule has 0 aromatic carbocycles. The first-order valence-electron chi connectivity index (χ1n) is 3.78. The summed E-state index contributed by atoms with van der Waals surface area (Å²) < 4.78 is 40.0. The summed E-state index contributed by atoms with van der Waals surface area (Å²) in [6.45, 7) is 2.77. The van der Waals surface area contributed by atoms with Crippen LogP contribution in [0.4, 0.5) is 13.2 Å². The van der Waals surface area contributed by atoms with Gasteiger partial charge >= 0.3 is 6.18 Å². The summed E-state index contributed by atoms with van der Waals surface area (Å²) in [4.78, 5) is 0. The lowest BCUT2D eigenvalue weighted by molar-refractivity contribution is -0.214. The van der Waals surface area contributed by atoms with E-state index in [1.807, 2.05) is 0 Å². The van der Waals surface area contributed by atoms with Crippen LogP contribution >= 0.6 is 0 Å². The third-order valence-electron chi connectivity index (χ3n) is 1.40. The van der Waals surface area contributed by atoms with Crippen LogP contribution in [-0.2, 0) is 4.74 Å². The highest BCUT2D eigenvalue weighted by Crippen LogP contribution is 2.22. The van der Waals surface area contributed by atoms with E-state index in [1.165, 1.54) is 0 Å². The first kappa shape index (κ1) is 11.7. The Morgan fingerprint density at radius 1 is 1.33 bits per heavy atom. The molecule has 0 saturated heterocycles. The first-order chi connectivity index (χ1) is 5.34. The van der Waals surface area contributed by atoms with Crippen LogP contribution in [0.25, 0.3) is 0 Å². The van der Waals surface area contributed by atoms with Crippen molar-refractivity contribution in [3.8, 4) is 0 Å². The van der Waals surface area contributed by atoms with Gasteiger partial charge in [0.05, 0.1) is 0 Å². The molecule has 0 aliphatic heterocycles. The van der Waals surface area contributed by atoms with E-state index in [-0.39, 0.29) is 12.6 Å². The zero-order valence-electron chi connectivity index (χ0n) is 7.19. The number of halogens is 3. The SMILES string of the molecule is CC(N)CCOC(C)C(F)(F)F. The second-order valence-corrected chi connectivity index (χ2v) is 2.82. The molecule has 0 aromatic rings. The molecule has 74 valence electrons. The predicted octanol–water partition coefficient (Wildman–Crippen LogP) is 1.69. The van der Waals surface area contributed by atoms with Crippen molar-refractivity contribution < 1.29 is 17.9 Å². The number of ether oxygens (including phenoxy) is 1. The highest BCUT2D eigenvalue weighted by atomic mass is 19.4. The summed E-state index contributed by atoms with van der Waals surface area (Å²) in [6, 6.07) is -0.120. The number of hydrogen-bond donors (Lipinski definition) is 1. The number of rotatable bonds is 4. The van der Waals surface area contributed by atoms with E-state index < -0.39 is 12.3 Å². The Hall–Kier alpha value is -0.290. The summed E-state index contributed by atoms with van der Waals surface area (Å²) in [6.07, 6.45) is -5.52. The van der Waals surface area contributed by atoms with E-state index in [0.29, 0.717) is 6.42 Å². The lowest BCUT2D eigenvalue weighted by atomic mass is 10.3. The van der Waals surface area contributed by atoms with Gasteiger partial charge < -0.3 is 10.5 Å². The van der Waals surface area contributed by atoms with Crippen LogP contribution in [0.5, 0.6) is 0 Å². The van der Waals surface area contributed by atoms with Gasteiger partial charge in [-0.2, -0.15) is 13.2 Å². The molecule has 12 heavy (non-hydrogen) atoms. The van der Waals surface area contributed by atoms with Crippen LogP contribution in [-0.4, -0.2) is 24.9 Å². The quantitative estimate of drug-likeness (QED) is 0.723. The molecule has 0 spiro atoms. The summed E-state index contributed by atoms with van der Waals surface area (Å²) in [5.41, 5.74) is 5.33. The number of nitrogens with two attached hydrogens (primary N) is 1. The van der Waals surface area contributed by atoms with Gasteiger partial charge in [-0.1, -0.05) is 0 Å². The van der Waals surface area contributed by atoms with Crippen LogP contribution in [0.3, 0.4) is 0 Å². The van der Waals surface area contributed by atoms with E-state index in [9.17, 15) is 13.2 Å². The monoisotopic (exact) mass is 185 g/mol. The fourth-order valence-corrected chi connectivity index (χ4v) is 0.525. The fourth-order valence-electron chi connectivity index (χ4n) is 0.525. The predicted molar refractivity (Wildman–Crippen MR) is 39.7 cm³/mol. The molecule has 0 aliphatic carbocycles. The minimum atomic E-state index is -4.27. The summed E-state index contributed by atoms with van der Waals surface area (Å²) in [5.74, 6) is 0. The maximum atomic E-state index is 11.8. The lowest BCUT2D eigenvalue weighted by Gasteiger charge is -2.16. The summed E-state index contributed by atoms with van der Waals surface area (Å²) in [7, 11) is 0. The molecule has 5 heteroatoms. The maximum absolute atomic E-state index is 11.8. The van der Waals surface area contributed by atoms with Gasteiger partial charge in [0, 0.05) is 12.6 Å². The molecule has 0 aromatic heterocycles. The summed E-state index contributed by atoms with van der Waals surface area (Å²) >= 11 is 0. The van der Waals surface area contributed by atoms with Gasteiger partial charge in [0.2, 0.25) is 0 Å². The molecule has 0 fully saturated rings. The highest BCUT2D eigenvalue weighted by Gasteiger charge is 2.36. The summed E-state index contributed by atoms with van der Waals surface area (Å²) in [5, 5.41) is 0. The molecular formula is C7H14F3NO. The van der Waals surface area contributed by atoms with Crippen LogP contribution in [0, 0.1) is 0 Å². The number of hydrogen-bond acceptors (Lipinski definition) is 2. The Bertz CT molecular complexity index is 124. The van der Waals surface area contributed by atoms with Crippen molar-refractivity contribution >= 4 is 0 Å². The van der Waals surface area contributed by atoms with Crippen molar-refractivity contribution in [1.29, 1.82) is 0 Å². The number of alkyl halides is 3. The third kappa shape index (κ3) is 5.37. The second-order valence-electron chi connectivity index (χ2n) is 2.82. The third-order valence-corrected chi connectivity index (χ3v) is 1.40. The molecule has 0 saturated carbocycles. The van der Waals surface area contributed by atoms with E-state index in [1.54, 1.807) is 6.92 Å². The first-order valence-corrected chi connectivity index (χ1v) is 3.78. The molecule has 2 atom stereocenters. The van der Waals surface area contributed by atoms with Crippen LogP contribution in [0.1, 0.15) is 20.3 Å². The van der Waals surface area contributed by atoms with Gasteiger partial charge in [0.25, 0.3) is 0 Å². The topological polar surface area (TPSA) is 35.2 Å². The van der Waals surface area contributed by atoms with E-state index >= 15 is 0 Å². The lowest BCUT2D eigenvalue weighted by Crippen LogP contribution is -2.30. The normalized spacial score (nSPS) is 17.5. The fraction of sp³-hybridized carbons (Fsp3) is 1.00. The zero-order valence-corrected chi connectivity index (χ0v) is 7.19. The van der Waals surface area contributed by atoms with Gasteiger partial charge in [-0.15, -0.1) is 0 Å². The minimum absolute atomic E-state index is 0.0539. The van der Waals surface area contributed by atoms with Crippen molar-refractivity contribution in [2.75, 3.05) is 6.61 Å². The van der Waals surface area contributed by atoms with Crippen LogP contribution < -0.4 is 5.73 Å². The smallest absolute Gasteiger partial charge is 0.369 e. The van der Waals surface area contributed by atoms with Crippen molar-refractivity contribution in [2.45, 2.75) is 38.6 Å². The largest absolute Gasteiger partial charge is 0.414 e. The van der Waals surface area contributed by atoms with Gasteiger partial charge in [0.15, 0.2) is 6.10 Å². The molecule has 0 aliphatic rings. The molecule has 2 nitrogen and oxygen atoms in total. The van der Waals surface area contributed by atoms with Gasteiger partial charge in [-0.05, 0) is 20.3 Å². The van der Waals surface area contributed by atoms with Crippen molar-refractivity contribution in [3.63, 3.8) is 0 Å². The van der Waals surface area contributed by atoms with Gasteiger partial charge in [0.1, 0.15) is 0 Å². The van der Waals surface area contributed by atoms with Crippen LogP contribution in [0.15, 0.2) is 0 Å². The second kappa shape index (κ2) is 4.67. The van der Waals surface area contributed by atoms with Crippen LogP contribution in [0.2, 0.25) is 0 Å². The van der Waals surface area contributed by atoms with E-state index in [4.69, 9.17) is 5.73 Å². The average molecular weight is 185 g/mol. The van der Waals surface area contributed by atoms with Crippen molar-refractivity contribution in [2.24, 2.45) is 5.73 Å².